The third-order valence-corrected chi connectivity index (χ3v) is 3.28. The van der Waals surface area contributed by atoms with Crippen molar-refractivity contribution in [2.45, 2.75) is 13.3 Å². The van der Waals surface area contributed by atoms with Gasteiger partial charge in [0.05, 0.1) is 6.42 Å². The lowest BCUT2D eigenvalue weighted by atomic mass is 10.1. The number of H-pyrrole nitrogens is 1. The van der Waals surface area contributed by atoms with E-state index in [1.165, 1.54) is 0 Å². The molecular weight excluding hydrogens is 322 g/mol. The van der Waals surface area contributed by atoms with Crippen LogP contribution in [0.1, 0.15) is 21.6 Å². The van der Waals surface area contributed by atoms with E-state index in [0.717, 1.165) is 15.6 Å². The summed E-state index contributed by atoms with van der Waals surface area (Å²) < 4.78 is 0.772. The highest BCUT2D eigenvalue weighted by Crippen LogP contribution is 2.10. The highest BCUT2D eigenvalue weighted by Gasteiger charge is 2.10. The molecule has 0 aliphatic rings. The summed E-state index contributed by atoms with van der Waals surface area (Å²) in [5.41, 5.74) is 7.10. The van der Waals surface area contributed by atoms with Gasteiger partial charge >= 0.3 is 0 Å². The molecule has 0 bridgehead atoms. The summed E-state index contributed by atoms with van der Waals surface area (Å²) in [7, 11) is 0. The number of hydrogen-bond acceptors (Lipinski definition) is 2. The van der Waals surface area contributed by atoms with E-state index in [1.807, 2.05) is 31.2 Å². The second-order valence-corrected chi connectivity index (χ2v) is 5.25. The van der Waals surface area contributed by atoms with E-state index in [4.69, 9.17) is 0 Å². The van der Waals surface area contributed by atoms with Crippen LogP contribution in [0.4, 0.5) is 0 Å². The van der Waals surface area contributed by atoms with E-state index in [2.05, 4.69) is 31.8 Å². The molecule has 0 saturated carbocycles. The Kier molecular flexibility index (Phi) is 4.57. The first-order valence-corrected chi connectivity index (χ1v) is 6.83. The normalized spacial score (nSPS) is 10.1. The molecule has 0 atom stereocenters. The summed E-state index contributed by atoms with van der Waals surface area (Å²) >= 11 is 3.23. The molecule has 2 amide bonds. The van der Waals surface area contributed by atoms with Gasteiger partial charge in [0.1, 0.15) is 5.69 Å². The Hall–Kier alpha value is -2.08. The van der Waals surface area contributed by atoms with Crippen LogP contribution >= 0.6 is 15.9 Å². The van der Waals surface area contributed by atoms with Crippen LogP contribution in [0.2, 0.25) is 0 Å². The van der Waals surface area contributed by atoms with Crippen molar-refractivity contribution < 1.29 is 9.59 Å². The summed E-state index contributed by atoms with van der Waals surface area (Å²) in [5.74, 6) is -0.660. The second kappa shape index (κ2) is 6.38. The van der Waals surface area contributed by atoms with E-state index >= 15 is 0 Å². The van der Waals surface area contributed by atoms with Crippen LogP contribution in [-0.4, -0.2) is 16.8 Å². The van der Waals surface area contributed by atoms with Gasteiger partial charge in [0.2, 0.25) is 5.91 Å². The van der Waals surface area contributed by atoms with Crippen LogP contribution < -0.4 is 10.9 Å². The van der Waals surface area contributed by atoms with Crippen molar-refractivity contribution in [3.8, 4) is 0 Å². The predicted octanol–water partition coefficient (Wildman–Crippen LogP) is 2.09. The Morgan fingerprint density at radius 3 is 2.65 bits per heavy atom. The molecule has 0 fully saturated rings. The van der Waals surface area contributed by atoms with Crippen LogP contribution in [0.5, 0.6) is 0 Å². The molecule has 0 unspecified atom stereocenters. The fraction of sp³-hybridized carbons (Fsp3) is 0.143. The molecule has 5 nitrogen and oxygen atoms in total. The molecule has 104 valence electrons. The number of carbonyl (C=O) groups excluding carboxylic acids is 2. The number of aromatic nitrogens is 1. The van der Waals surface area contributed by atoms with Crippen LogP contribution in [-0.2, 0) is 11.2 Å². The molecule has 6 heteroatoms. The maximum absolute atomic E-state index is 11.8. The molecule has 1 aromatic heterocycles. The number of hydrogen-bond donors (Lipinski definition) is 3. The zero-order valence-electron chi connectivity index (χ0n) is 10.9. The molecule has 20 heavy (non-hydrogen) atoms. The van der Waals surface area contributed by atoms with Crippen molar-refractivity contribution in [2.75, 3.05) is 0 Å². The first kappa shape index (κ1) is 14.3. The van der Waals surface area contributed by atoms with Gasteiger partial charge in [-0.1, -0.05) is 24.3 Å². The van der Waals surface area contributed by atoms with Crippen LogP contribution in [0, 0.1) is 6.92 Å². The summed E-state index contributed by atoms with van der Waals surface area (Å²) in [6.07, 6.45) is 1.87. The summed E-state index contributed by atoms with van der Waals surface area (Å²) in [4.78, 5) is 26.2. The highest BCUT2D eigenvalue weighted by atomic mass is 79.9. The van der Waals surface area contributed by atoms with Gasteiger partial charge in [0, 0.05) is 10.7 Å². The van der Waals surface area contributed by atoms with Gasteiger partial charge < -0.3 is 4.98 Å². The van der Waals surface area contributed by atoms with Crippen molar-refractivity contribution in [1.82, 2.24) is 15.8 Å². The molecule has 2 rings (SSSR count). The molecule has 3 N–H and O–H groups in total. The molecule has 2 aromatic rings. The minimum Gasteiger partial charge on any atom is -0.356 e. The van der Waals surface area contributed by atoms with E-state index in [1.54, 1.807) is 12.3 Å². The minimum absolute atomic E-state index is 0.224. The van der Waals surface area contributed by atoms with Gasteiger partial charge in [0.25, 0.3) is 5.91 Å². The van der Waals surface area contributed by atoms with Crippen molar-refractivity contribution in [3.05, 3.63) is 57.8 Å². The number of hydrazine groups is 1. The number of aryl methyl sites for hydroxylation is 1. The monoisotopic (exact) mass is 335 g/mol. The topological polar surface area (TPSA) is 74.0 Å². The molecule has 1 heterocycles. The van der Waals surface area contributed by atoms with E-state index < -0.39 is 5.91 Å². The number of aromatic amines is 1. The first-order chi connectivity index (χ1) is 9.56. The van der Waals surface area contributed by atoms with Gasteiger partial charge in [-0.15, -0.1) is 0 Å². The van der Waals surface area contributed by atoms with Crippen LogP contribution in [0.25, 0.3) is 0 Å². The Bertz CT molecular complexity index is 637. The van der Waals surface area contributed by atoms with Crippen LogP contribution in [0.3, 0.4) is 0 Å². The third kappa shape index (κ3) is 3.71. The smallest absolute Gasteiger partial charge is 0.286 e. The van der Waals surface area contributed by atoms with Gasteiger partial charge in [-0.2, -0.15) is 0 Å². The highest BCUT2D eigenvalue weighted by molar-refractivity contribution is 9.10. The zero-order valence-corrected chi connectivity index (χ0v) is 12.5. The average Bonchev–Trinajstić information content (AvgIpc) is 2.85. The van der Waals surface area contributed by atoms with Crippen molar-refractivity contribution in [1.29, 1.82) is 0 Å². The Balaban J connectivity index is 1.87. The Morgan fingerprint density at radius 2 is 2.00 bits per heavy atom. The number of carbonyl (C=O) groups is 2. The largest absolute Gasteiger partial charge is 0.356 e. The number of halogens is 1. The van der Waals surface area contributed by atoms with Gasteiger partial charge in [0.15, 0.2) is 0 Å². The lowest BCUT2D eigenvalue weighted by Gasteiger charge is -2.08. The number of benzene rings is 1. The van der Waals surface area contributed by atoms with E-state index in [-0.39, 0.29) is 12.3 Å². The third-order valence-electron chi connectivity index (χ3n) is 2.82. The van der Waals surface area contributed by atoms with Crippen molar-refractivity contribution in [2.24, 2.45) is 0 Å². The predicted molar refractivity (Wildman–Crippen MR) is 79.0 cm³/mol. The molecule has 1 aromatic carbocycles. The SMILES string of the molecule is Cc1ccccc1CC(=O)NNC(=O)c1cc(Br)c[nH]1. The number of rotatable bonds is 3. The fourth-order valence-electron chi connectivity index (χ4n) is 1.72. The van der Waals surface area contributed by atoms with Crippen molar-refractivity contribution >= 4 is 27.7 Å². The fourth-order valence-corrected chi connectivity index (χ4v) is 2.06. The standard InChI is InChI=1S/C14H14BrN3O2/c1-9-4-2-3-5-10(9)6-13(19)17-18-14(20)12-7-11(15)8-16-12/h2-5,7-8,16H,6H2,1H3,(H,17,19)(H,18,20). The van der Waals surface area contributed by atoms with Crippen LogP contribution in [0.15, 0.2) is 41.0 Å². The zero-order chi connectivity index (χ0) is 14.5. The summed E-state index contributed by atoms with van der Waals surface area (Å²) in [6.45, 7) is 1.94. The van der Waals surface area contributed by atoms with Gasteiger partial charge in [-0.25, -0.2) is 0 Å². The Morgan fingerprint density at radius 1 is 1.25 bits per heavy atom. The second-order valence-electron chi connectivity index (χ2n) is 4.34. The minimum atomic E-state index is -0.395. The average molecular weight is 336 g/mol. The van der Waals surface area contributed by atoms with Gasteiger partial charge in [-0.05, 0) is 40.0 Å². The number of nitrogens with one attached hydrogen (secondary N) is 3. The molecule has 0 spiro atoms. The summed E-state index contributed by atoms with van der Waals surface area (Å²) in [5, 5.41) is 0. The lowest BCUT2D eigenvalue weighted by molar-refractivity contribution is -0.121. The Labute approximate surface area is 124 Å². The maximum atomic E-state index is 11.8. The first-order valence-electron chi connectivity index (χ1n) is 6.04. The molecule has 0 saturated heterocycles. The number of amides is 2. The lowest BCUT2D eigenvalue weighted by Crippen LogP contribution is -2.42. The molecule has 0 aliphatic carbocycles. The molecule has 0 radical (unpaired) electrons. The van der Waals surface area contributed by atoms with E-state index in [9.17, 15) is 9.59 Å². The molecular formula is C14H14BrN3O2. The van der Waals surface area contributed by atoms with Crippen molar-refractivity contribution in [3.63, 3.8) is 0 Å². The van der Waals surface area contributed by atoms with Gasteiger partial charge in [-0.3, -0.25) is 20.4 Å². The van der Waals surface area contributed by atoms with E-state index in [0.29, 0.717) is 5.69 Å². The summed E-state index contributed by atoms with van der Waals surface area (Å²) in [6, 6.07) is 9.26. The molecule has 0 aliphatic heterocycles. The quantitative estimate of drug-likeness (QED) is 0.751. The maximum Gasteiger partial charge on any atom is 0.286 e.